The summed E-state index contributed by atoms with van der Waals surface area (Å²) in [5, 5.41) is 17.0. The summed E-state index contributed by atoms with van der Waals surface area (Å²) < 4.78 is 0. The van der Waals surface area contributed by atoms with Crippen molar-refractivity contribution in [3.8, 4) is 5.75 Å². The highest BCUT2D eigenvalue weighted by Crippen LogP contribution is 2.24. The molecule has 0 aliphatic rings. The molecule has 0 unspecified atom stereocenters. The molecule has 0 spiro atoms. The van der Waals surface area contributed by atoms with Gasteiger partial charge in [0.05, 0.1) is 5.52 Å². The monoisotopic (exact) mass is 378 g/mol. The number of phenols is 1. The fraction of sp³-hybridized carbons (Fsp3) is 0.0476. The quantitative estimate of drug-likeness (QED) is 0.421. The van der Waals surface area contributed by atoms with Gasteiger partial charge in [0.2, 0.25) is 5.95 Å². The Bertz CT molecular complexity index is 1020. The number of anilines is 3. The topological polar surface area (TPSA) is 70.1 Å². The number of rotatable bonds is 5. The Balaban J connectivity index is 0.00000210. The first-order valence-corrected chi connectivity index (χ1v) is 8.38. The zero-order valence-electron chi connectivity index (χ0n) is 14.5. The summed E-state index contributed by atoms with van der Waals surface area (Å²) in [6.45, 7) is 0.681. The van der Waals surface area contributed by atoms with Crippen LogP contribution in [0.25, 0.3) is 10.9 Å². The highest BCUT2D eigenvalue weighted by atomic mass is 35.5. The van der Waals surface area contributed by atoms with Gasteiger partial charge in [-0.05, 0) is 42.0 Å². The first-order chi connectivity index (χ1) is 12.8. The lowest BCUT2D eigenvalue weighted by Gasteiger charge is -2.12. The SMILES string of the molecule is Cl.Oc1ccc(Nc2nc(NCc3ccccc3)c3ccccc3n2)cc1. The normalized spacial score (nSPS) is 10.2. The molecule has 0 aliphatic carbocycles. The van der Waals surface area contributed by atoms with Crippen molar-refractivity contribution in [2.75, 3.05) is 10.6 Å². The van der Waals surface area contributed by atoms with Crippen LogP contribution < -0.4 is 10.6 Å². The van der Waals surface area contributed by atoms with Gasteiger partial charge in [0.1, 0.15) is 11.6 Å². The van der Waals surface area contributed by atoms with Crippen LogP contribution >= 0.6 is 12.4 Å². The fourth-order valence-electron chi connectivity index (χ4n) is 2.72. The molecule has 1 aromatic heterocycles. The van der Waals surface area contributed by atoms with Crippen LogP contribution in [0.4, 0.5) is 17.5 Å². The van der Waals surface area contributed by atoms with Crippen molar-refractivity contribution >= 4 is 40.8 Å². The van der Waals surface area contributed by atoms with Gasteiger partial charge in [-0.25, -0.2) is 4.98 Å². The maximum atomic E-state index is 9.42. The molecule has 27 heavy (non-hydrogen) atoms. The summed E-state index contributed by atoms with van der Waals surface area (Å²) in [6, 6.07) is 24.9. The molecule has 0 bridgehead atoms. The lowest BCUT2D eigenvalue weighted by Crippen LogP contribution is -2.05. The number of para-hydroxylation sites is 1. The number of benzene rings is 3. The van der Waals surface area contributed by atoms with Crippen LogP contribution in [0.3, 0.4) is 0 Å². The van der Waals surface area contributed by atoms with Crippen LogP contribution in [0.1, 0.15) is 5.56 Å². The summed E-state index contributed by atoms with van der Waals surface area (Å²) in [6.07, 6.45) is 0. The summed E-state index contributed by atoms with van der Waals surface area (Å²) in [5.41, 5.74) is 2.86. The largest absolute Gasteiger partial charge is 0.508 e. The van der Waals surface area contributed by atoms with Crippen molar-refractivity contribution in [3.63, 3.8) is 0 Å². The average molecular weight is 379 g/mol. The zero-order chi connectivity index (χ0) is 17.8. The summed E-state index contributed by atoms with van der Waals surface area (Å²) in [7, 11) is 0. The third kappa shape index (κ3) is 4.46. The highest BCUT2D eigenvalue weighted by Gasteiger charge is 2.08. The van der Waals surface area contributed by atoms with E-state index >= 15 is 0 Å². The zero-order valence-corrected chi connectivity index (χ0v) is 15.3. The highest BCUT2D eigenvalue weighted by molar-refractivity contribution is 5.90. The van der Waals surface area contributed by atoms with E-state index in [0.717, 1.165) is 22.4 Å². The minimum absolute atomic E-state index is 0. The van der Waals surface area contributed by atoms with E-state index in [4.69, 9.17) is 0 Å². The molecule has 3 aromatic carbocycles. The van der Waals surface area contributed by atoms with Gasteiger partial charge in [-0.15, -0.1) is 12.4 Å². The van der Waals surface area contributed by atoms with Gasteiger partial charge in [-0.2, -0.15) is 4.98 Å². The third-order valence-corrected chi connectivity index (χ3v) is 4.03. The number of phenolic OH excluding ortho intramolecular Hbond substituents is 1. The Labute approximate surface area is 163 Å². The van der Waals surface area contributed by atoms with Gasteiger partial charge in [0.25, 0.3) is 0 Å². The van der Waals surface area contributed by atoms with Gasteiger partial charge in [-0.3, -0.25) is 0 Å². The Morgan fingerprint density at radius 3 is 2.26 bits per heavy atom. The molecule has 4 aromatic rings. The van der Waals surface area contributed by atoms with Crippen molar-refractivity contribution in [1.29, 1.82) is 0 Å². The molecule has 6 heteroatoms. The van der Waals surface area contributed by atoms with Crippen molar-refractivity contribution in [1.82, 2.24) is 9.97 Å². The number of fused-ring (bicyclic) bond motifs is 1. The van der Waals surface area contributed by atoms with Gasteiger partial charge in [0.15, 0.2) is 0 Å². The maximum absolute atomic E-state index is 9.42. The van der Waals surface area contributed by atoms with E-state index in [1.807, 2.05) is 42.5 Å². The number of halogens is 1. The van der Waals surface area contributed by atoms with E-state index in [1.54, 1.807) is 24.3 Å². The third-order valence-electron chi connectivity index (χ3n) is 4.03. The standard InChI is InChI=1S/C21H18N4O.ClH/c26-17-12-10-16(11-13-17)23-21-24-19-9-5-4-8-18(19)20(25-21)22-14-15-6-2-1-3-7-15;/h1-13,26H,14H2,(H2,22,23,24,25);1H. The molecule has 3 N–H and O–H groups in total. The lowest BCUT2D eigenvalue weighted by molar-refractivity contribution is 0.475. The smallest absolute Gasteiger partial charge is 0.229 e. The molecule has 0 fully saturated rings. The fourth-order valence-corrected chi connectivity index (χ4v) is 2.72. The number of hydrogen-bond donors (Lipinski definition) is 3. The molecule has 0 amide bonds. The number of nitrogens with zero attached hydrogens (tertiary/aromatic N) is 2. The van der Waals surface area contributed by atoms with E-state index in [1.165, 1.54) is 5.56 Å². The lowest BCUT2D eigenvalue weighted by atomic mass is 10.2. The Morgan fingerprint density at radius 2 is 1.48 bits per heavy atom. The summed E-state index contributed by atoms with van der Waals surface area (Å²) in [5.74, 6) is 1.51. The minimum Gasteiger partial charge on any atom is -0.508 e. The van der Waals surface area contributed by atoms with Crippen molar-refractivity contribution in [2.45, 2.75) is 6.54 Å². The Hall–Kier alpha value is -3.31. The second-order valence-electron chi connectivity index (χ2n) is 5.92. The van der Waals surface area contributed by atoms with Crippen LogP contribution in [-0.4, -0.2) is 15.1 Å². The second-order valence-corrected chi connectivity index (χ2v) is 5.92. The van der Waals surface area contributed by atoms with Crippen LogP contribution in [0.15, 0.2) is 78.9 Å². The Kier molecular flexibility index (Phi) is 5.74. The van der Waals surface area contributed by atoms with E-state index in [9.17, 15) is 5.11 Å². The summed E-state index contributed by atoms with van der Waals surface area (Å²) in [4.78, 5) is 9.22. The van der Waals surface area contributed by atoms with Crippen LogP contribution in [-0.2, 0) is 6.54 Å². The maximum Gasteiger partial charge on any atom is 0.229 e. The molecule has 1 heterocycles. The van der Waals surface area contributed by atoms with Crippen LogP contribution in [0, 0.1) is 0 Å². The molecule has 136 valence electrons. The van der Waals surface area contributed by atoms with Gasteiger partial charge < -0.3 is 15.7 Å². The van der Waals surface area contributed by atoms with E-state index in [2.05, 4.69) is 32.7 Å². The number of nitrogens with one attached hydrogen (secondary N) is 2. The van der Waals surface area contributed by atoms with Gasteiger partial charge >= 0.3 is 0 Å². The molecule has 5 nitrogen and oxygen atoms in total. The molecular formula is C21H19ClN4O. The molecule has 0 atom stereocenters. The van der Waals surface area contributed by atoms with Crippen LogP contribution in [0.5, 0.6) is 5.75 Å². The van der Waals surface area contributed by atoms with E-state index in [0.29, 0.717) is 12.5 Å². The van der Waals surface area contributed by atoms with E-state index in [-0.39, 0.29) is 18.2 Å². The van der Waals surface area contributed by atoms with Crippen LogP contribution in [0.2, 0.25) is 0 Å². The molecule has 4 rings (SSSR count). The first kappa shape index (κ1) is 18.5. The first-order valence-electron chi connectivity index (χ1n) is 8.38. The minimum atomic E-state index is 0. The average Bonchev–Trinajstić information content (AvgIpc) is 2.69. The molecule has 0 radical (unpaired) electrons. The molecule has 0 aliphatic heterocycles. The molecular weight excluding hydrogens is 360 g/mol. The molecule has 0 saturated carbocycles. The van der Waals surface area contributed by atoms with E-state index < -0.39 is 0 Å². The number of aromatic hydroxyl groups is 1. The Morgan fingerprint density at radius 1 is 0.778 bits per heavy atom. The van der Waals surface area contributed by atoms with Gasteiger partial charge in [-0.1, -0.05) is 42.5 Å². The number of aromatic nitrogens is 2. The van der Waals surface area contributed by atoms with Crippen molar-refractivity contribution in [3.05, 3.63) is 84.4 Å². The predicted octanol–water partition coefficient (Wildman–Crippen LogP) is 5.11. The number of hydrogen-bond acceptors (Lipinski definition) is 5. The van der Waals surface area contributed by atoms with Crippen molar-refractivity contribution in [2.24, 2.45) is 0 Å². The summed E-state index contributed by atoms with van der Waals surface area (Å²) >= 11 is 0. The van der Waals surface area contributed by atoms with Gasteiger partial charge in [0, 0.05) is 17.6 Å². The molecule has 0 saturated heterocycles. The predicted molar refractivity (Wildman–Crippen MR) is 112 cm³/mol. The van der Waals surface area contributed by atoms with Crippen molar-refractivity contribution < 1.29 is 5.11 Å². The second kappa shape index (κ2) is 8.38.